The summed E-state index contributed by atoms with van der Waals surface area (Å²) in [5, 5.41) is 41.5. The number of aliphatic hydroxyl groups is 3. The number of methoxy groups -OCH3 is 1. The smallest absolute Gasteiger partial charge is 0.233 e. The Morgan fingerprint density at radius 1 is 1.26 bits per heavy atom. The van der Waals surface area contributed by atoms with Gasteiger partial charge < -0.3 is 25.2 Å². The Morgan fingerprint density at radius 2 is 1.97 bits per heavy atom. The van der Waals surface area contributed by atoms with E-state index in [0.29, 0.717) is 33.3 Å². The van der Waals surface area contributed by atoms with Gasteiger partial charge in [-0.2, -0.15) is 0 Å². The summed E-state index contributed by atoms with van der Waals surface area (Å²) in [6.07, 6.45) is 3.91. The molecule has 2 amide bonds. The number of halogens is 1. The predicted molar refractivity (Wildman–Crippen MR) is 140 cm³/mol. The largest absolute Gasteiger partial charge is 0.504 e. The summed E-state index contributed by atoms with van der Waals surface area (Å²) in [6.45, 7) is 1.36. The monoisotopic (exact) mass is 599 g/mol. The van der Waals surface area contributed by atoms with Gasteiger partial charge in [0.15, 0.2) is 11.5 Å². The molecule has 1 aliphatic heterocycles. The molecule has 1 heterocycles. The van der Waals surface area contributed by atoms with Crippen LogP contribution in [0, 0.1) is 21.3 Å². The minimum absolute atomic E-state index is 0.0948. The van der Waals surface area contributed by atoms with E-state index in [1.165, 1.54) is 14.2 Å². The van der Waals surface area contributed by atoms with Gasteiger partial charge in [0.25, 0.3) is 0 Å². The molecular formula is C26H34INO7. The number of carbonyl (C=O) groups is 2. The van der Waals surface area contributed by atoms with E-state index in [1.54, 1.807) is 6.07 Å². The zero-order chi connectivity index (χ0) is 25.9. The Balaban J connectivity index is 1.85. The third kappa shape index (κ3) is 5.58. The van der Waals surface area contributed by atoms with Gasteiger partial charge in [-0.3, -0.25) is 14.5 Å². The number of hydrogen-bond acceptors (Lipinski definition) is 7. The fourth-order valence-corrected chi connectivity index (χ4v) is 6.02. The van der Waals surface area contributed by atoms with Crippen molar-refractivity contribution >= 4 is 40.5 Å². The van der Waals surface area contributed by atoms with Gasteiger partial charge >= 0.3 is 0 Å². The number of benzene rings is 1. The molecule has 1 fully saturated rings. The van der Waals surface area contributed by atoms with Crippen molar-refractivity contribution in [1.29, 1.82) is 0 Å². The van der Waals surface area contributed by atoms with Gasteiger partial charge in [-0.1, -0.05) is 25.0 Å². The third-order valence-electron chi connectivity index (χ3n) is 7.10. The molecule has 1 saturated heterocycles. The van der Waals surface area contributed by atoms with Crippen LogP contribution >= 0.6 is 22.6 Å². The first-order chi connectivity index (χ1) is 16.7. The Kier molecular flexibility index (Phi) is 9.36. The Bertz CT molecular complexity index is 1030. The average Bonchev–Trinajstić information content (AvgIpc) is 3.06. The number of phenolic OH excluding ortho intramolecular Hbond substituents is 1. The lowest BCUT2D eigenvalue weighted by atomic mass is 9.68. The van der Waals surface area contributed by atoms with Gasteiger partial charge in [0.2, 0.25) is 11.8 Å². The molecule has 0 bridgehead atoms. The maximum Gasteiger partial charge on any atom is 0.233 e. The number of allylic oxidation sites excluding steroid dienone is 1. The summed E-state index contributed by atoms with van der Waals surface area (Å²) in [5.74, 6) is -2.18. The third-order valence-corrected chi connectivity index (χ3v) is 7.92. The van der Waals surface area contributed by atoms with E-state index >= 15 is 0 Å². The number of likely N-dealkylation sites (tertiary alicyclic amines) is 1. The minimum atomic E-state index is -0.959. The molecule has 1 aliphatic carbocycles. The SMILES string of the molecule is CCC/C(=C\c1cc(I)c(O)c(OC)c1)CC[C@@H](O)C1=C(CO)C[C@H]2C(=O)N(C)C(=O)[C@H]2[C@H]1CO. The molecule has 1 aromatic rings. The highest BCUT2D eigenvalue weighted by Gasteiger charge is 2.53. The second-order valence-electron chi connectivity index (χ2n) is 9.24. The first kappa shape index (κ1) is 27.6. The average molecular weight is 599 g/mol. The molecule has 0 aromatic heterocycles. The number of amides is 2. The maximum atomic E-state index is 12.7. The van der Waals surface area contributed by atoms with Crippen LogP contribution in [-0.2, 0) is 9.59 Å². The molecule has 0 saturated carbocycles. The van der Waals surface area contributed by atoms with Crippen LogP contribution in [-0.4, -0.2) is 70.6 Å². The molecule has 0 unspecified atom stereocenters. The van der Waals surface area contributed by atoms with Crippen molar-refractivity contribution in [3.63, 3.8) is 0 Å². The van der Waals surface area contributed by atoms with E-state index in [2.05, 4.69) is 29.5 Å². The molecule has 0 radical (unpaired) electrons. The van der Waals surface area contributed by atoms with E-state index in [4.69, 9.17) is 4.74 Å². The van der Waals surface area contributed by atoms with Crippen LogP contribution in [0.4, 0.5) is 0 Å². The first-order valence-corrected chi connectivity index (χ1v) is 12.9. The summed E-state index contributed by atoms with van der Waals surface area (Å²) in [4.78, 5) is 26.3. The number of carbonyl (C=O) groups excluding carboxylic acids is 2. The molecule has 192 valence electrons. The lowest BCUT2D eigenvalue weighted by Gasteiger charge is -2.36. The Labute approximate surface area is 219 Å². The van der Waals surface area contributed by atoms with Crippen LogP contribution in [0.15, 0.2) is 28.9 Å². The molecule has 2 aliphatic rings. The molecule has 35 heavy (non-hydrogen) atoms. The van der Waals surface area contributed by atoms with E-state index in [9.17, 15) is 30.0 Å². The summed E-state index contributed by atoms with van der Waals surface area (Å²) >= 11 is 2.05. The van der Waals surface area contributed by atoms with Gasteiger partial charge in [-0.25, -0.2) is 0 Å². The number of aliphatic hydroxyl groups excluding tert-OH is 3. The van der Waals surface area contributed by atoms with Crippen molar-refractivity contribution < 1.29 is 34.8 Å². The zero-order valence-corrected chi connectivity index (χ0v) is 22.5. The standard InChI is InChI=1S/C26H34INO7/c1-4-5-14(8-15-9-19(27)24(32)21(10-15)35-3)6-7-20(31)22-16(12-29)11-17-23(18(22)13-30)26(34)28(2)25(17)33/h8-10,17-18,20,23,29-32H,4-7,11-13H2,1-3H3/b14-8+/t17-,18+,20-,23-/m1/s1. The second-order valence-corrected chi connectivity index (χ2v) is 10.4. The molecule has 9 heteroatoms. The van der Waals surface area contributed by atoms with Crippen LogP contribution in [0.25, 0.3) is 6.08 Å². The summed E-state index contributed by atoms with van der Waals surface area (Å²) in [7, 11) is 2.94. The van der Waals surface area contributed by atoms with Crippen molar-refractivity contribution in [2.45, 2.75) is 45.1 Å². The quantitative estimate of drug-likeness (QED) is 0.185. The number of ether oxygens (including phenoxy) is 1. The lowest BCUT2D eigenvalue weighted by molar-refractivity contribution is -0.138. The molecule has 4 N–H and O–H groups in total. The van der Waals surface area contributed by atoms with Crippen molar-refractivity contribution in [2.24, 2.45) is 17.8 Å². The van der Waals surface area contributed by atoms with E-state index in [1.807, 2.05) is 12.1 Å². The highest BCUT2D eigenvalue weighted by molar-refractivity contribution is 14.1. The van der Waals surface area contributed by atoms with Crippen LogP contribution in [0.1, 0.15) is 44.6 Å². The first-order valence-electron chi connectivity index (χ1n) is 11.9. The topological polar surface area (TPSA) is 128 Å². The zero-order valence-electron chi connectivity index (χ0n) is 20.3. The van der Waals surface area contributed by atoms with Gasteiger partial charge in [0.1, 0.15) is 0 Å². The van der Waals surface area contributed by atoms with E-state index < -0.39 is 23.9 Å². The van der Waals surface area contributed by atoms with Crippen molar-refractivity contribution in [1.82, 2.24) is 4.90 Å². The lowest BCUT2D eigenvalue weighted by Crippen LogP contribution is -2.39. The van der Waals surface area contributed by atoms with Crippen molar-refractivity contribution in [3.8, 4) is 11.5 Å². The second kappa shape index (κ2) is 11.9. The normalized spacial score (nSPS) is 23.7. The molecule has 4 atom stereocenters. The minimum Gasteiger partial charge on any atom is -0.504 e. The summed E-state index contributed by atoms with van der Waals surface area (Å²) in [5.41, 5.74) is 3.00. The van der Waals surface area contributed by atoms with Crippen LogP contribution in [0.3, 0.4) is 0 Å². The van der Waals surface area contributed by atoms with Gasteiger partial charge in [0.05, 0.1) is 41.8 Å². The van der Waals surface area contributed by atoms with Crippen LogP contribution in [0.5, 0.6) is 11.5 Å². The number of rotatable bonds is 10. The fourth-order valence-electron chi connectivity index (χ4n) is 5.40. The highest BCUT2D eigenvalue weighted by Crippen LogP contribution is 2.45. The number of imide groups is 1. The molecule has 1 aromatic carbocycles. The van der Waals surface area contributed by atoms with E-state index in [-0.39, 0.29) is 37.2 Å². The van der Waals surface area contributed by atoms with Gasteiger partial charge in [-0.05, 0) is 77.1 Å². The number of nitrogens with zero attached hydrogens (tertiary/aromatic N) is 1. The number of aromatic hydroxyl groups is 1. The fraction of sp³-hybridized carbons (Fsp3) is 0.538. The molecular weight excluding hydrogens is 565 g/mol. The van der Waals surface area contributed by atoms with Crippen LogP contribution in [0.2, 0.25) is 0 Å². The van der Waals surface area contributed by atoms with Gasteiger partial charge in [-0.15, -0.1) is 0 Å². The van der Waals surface area contributed by atoms with E-state index in [0.717, 1.165) is 28.9 Å². The maximum absolute atomic E-state index is 12.7. The molecule has 0 spiro atoms. The van der Waals surface area contributed by atoms with Gasteiger partial charge in [0, 0.05) is 13.0 Å². The molecule has 8 nitrogen and oxygen atoms in total. The van der Waals surface area contributed by atoms with Crippen molar-refractivity contribution in [3.05, 3.63) is 38.0 Å². The summed E-state index contributed by atoms with van der Waals surface area (Å²) < 4.78 is 5.93. The number of hydrogen-bond donors (Lipinski definition) is 4. The summed E-state index contributed by atoms with van der Waals surface area (Å²) in [6, 6.07) is 3.62. The Hall–Kier alpha value is -1.95. The Morgan fingerprint density at radius 3 is 2.57 bits per heavy atom. The van der Waals surface area contributed by atoms with Crippen LogP contribution < -0.4 is 4.74 Å². The predicted octanol–water partition coefficient (Wildman–Crippen LogP) is 2.86. The van der Waals surface area contributed by atoms with Crippen molar-refractivity contribution in [2.75, 3.05) is 27.4 Å². The number of phenols is 1. The highest BCUT2D eigenvalue weighted by atomic mass is 127. The molecule has 3 rings (SSSR count). The number of fused-ring (bicyclic) bond motifs is 1.